The van der Waals surface area contributed by atoms with Gasteiger partial charge in [0.2, 0.25) is 0 Å². The number of aryl methyl sites for hydroxylation is 1. The third-order valence-corrected chi connectivity index (χ3v) is 4.24. The molecule has 106 valence electrons. The quantitative estimate of drug-likeness (QED) is 0.867. The molecule has 1 fully saturated rings. The largest absolute Gasteiger partial charge is 0.369 e. The van der Waals surface area contributed by atoms with Crippen molar-refractivity contribution >= 4 is 5.69 Å². The number of rotatable bonds is 5. The van der Waals surface area contributed by atoms with Gasteiger partial charge in [0, 0.05) is 24.3 Å². The van der Waals surface area contributed by atoms with Crippen molar-refractivity contribution in [1.82, 2.24) is 5.32 Å². The third-order valence-electron chi connectivity index (χ3n) is 4.24. The van der Waals surface area contributed by atoms with Crippen molar-refractivity contribution in [2.24, 2.45) is 0 Å². The topological polar surface area (TPSA) is 15.3 Å². The monoisotopic (exact) mass is 260 g/mol. The first-order chi connectivity index (χ1) is 9.20. The summed E-state index contributed by atoms with van der Waals surface area (Å²) in [6.45, 7) is 9.07. The lowest BCUT2D eigenvalue weighted by atomic mass is 9.97. The highest BCUT2D eigenvalue weighted by Crippen LogP contribution is 2.22. The maximum atomic E-state index is 3.67. The van der Waals surface area contributed by atoms with Gasteiger partial charge in [-0.05, 0) is 64.3 Å². The zero-order valence-electron chi connectivity index (χ0n) is 12.7. The van der Waals surface area contributed by atoms with Crippen LogP contribution < -0.4 is 10.2 Å². The summed E-state index contributed by atoms with van der Waals surface area (Å²) in [5.74, 6) is 0. The molecule has 0 aliphatic carbocycles. The van der Waals surface area contributed by atoms with Gasteiger partial charge >= 0.3 is 0 Å². The molecular formula is C17H28N2. The van der Waals surface area contributed by atoms with Crippen LogP contribution in [0.5, 0.6) is 0 Å². The maximum Gasteiger partial charge on any atom is 0.0371 e. The van der Waals surface area contributed by atoms with Crippen LogP contribution in [0.25, 0.3) is 0 Å². The Kier molecular flexibility index (Phi) is 5.26. The fraction of sp³-hybridized carbons (Fsp3) is 0.647. The minimum Gasteiger partial charge on any atom is -0.369 e. The molecule has 1 aliphatic rings. The van der Waals surface area contributed by atoms with Crippen LogP contribution in [-0.4, -0.2) is 25.2 Å². The standard InChI is InChI=1S/C17H28N2/c1-4-19(17-10-7-8-14(2)12-17)15(3)13-16-9-5-6-11-18-16/h7-8,10,12,15-16,18H,4-6,9,11,13H2,1-3H3. The van der Waals surface area contributed by atoms with Crippen LogP contribution in [0.15, 0.2) is 24.3 Å². The summed E-state index contributed by atoms with van der Waals surface area (Å²) in [5, 5.41) is 3.67. The zero-order chi connectivity index (χ0) is 13.7. The molecule has 2 unspecified atom stereocenters. The molecule has 0 saturated carbocycles. The molecule has 2 atom stereocenters. The number of benzene rings is 1. The van der Waals surface area contributed by atoms with E-state index in [2.05, 4.69) is 55.3 Å². The molecule has 1 heterocycles. The van der Waals surface area contributed by atoms with Gasteiger partial charge in [0.05, 0.1) is 0 Å². The van der Waals surface area contributed by atoms with Crippen molar-refractivity contribution < 1.29 is 0 Å². The van der Waals surface area contributed by atoms with Crippen LogP contribution >= 0.6 is 0 Å². The van der Waals surface area contributed by atoms with Gasteiger partial charge in [0.1, 0.15) is 0 Å². The number of nitrogens with one attached hydrogen (secondary N) is 1. The van der Waals surface area contributed by atoms with E-state index in [0.29, 0.717) is 12.1 Å². The van der Waals surface area contributed by atoms with E-state index in [1.54, 1.807) is 0 Å². The van der Waals surface area contributed by atoms with E-state index in [-0.39, 0.29) is 0 Å². The van der Waals surface area contributed by atoms with Gasteiger partial charge in [-0.1, -0.05) is 18.6 Å². The van der Waals surface area contributed by atoms with Crippen LogP contribution in [0.1, 0.15) is 45.1 Å². The summed E-state index contributed by atoms with van der Waals surface area (Å²) in [6.07, 6.45) is 5.33. The number of hydrogen-bond donors (Lipinski definition) is 1. The molecule has 0 bridgehead atoms. The average molecular weight is 260 g/mol. The fourth-order valence-electron chi connectivity index (χ4n) is 3.22. The fourth-order valence-corrected chi connectivity index (χ4v) is 3.22. The molecule has 19 heavy (non-hydrogen) atoms. The Balaban J connectivity index is 1.99. The van der Waals surface area contributed by atoms with Gasteiger partial charge in [0.15, 0.2) is 0 Å². The number of hydrogen-bond acceptors (Lipinski definition) is 2. The highest BCUT2D eigenvalue weighted by Gasteiger charge is 2.19. The van der Waals surface area contributed by atoms with E-state index in [4.69, 9.17) is 0 Å². The molecule has 1 aromatic carbocycles. The molecule has 1 saturated heterocycles. The van der Waals surface area contributed by atoms with Gasteiger partial charge < -0.3 is 10.2 Å². The van der Waals surface area contributed by atoms with Crippen LogP contribution in [0.2, 0.25) is 0 Å². The Labute approximate surface area is 118 Å². The number of anilines is 1. The summed E-state index contributed by atoms with van der Waals surface area (Å²) in [5.41, 5.74) is 2.71. The van der Waals surface area contributed by atoms with Crippen LogP contribution in [0, 0.1) is 6.92 Å². The highest BCUT2D eigenvalue weighted by molar-refractivity contribution is 5.49. The number of piperidine rings is 1. The molecule has 0 aromatic heterocycles. The molecule has 2 rings (SSSR count). The van der Waals surface area contributed by atoms with Crippen molar-refractivity contribution in [2.45, 2.75) is 58.5 Å². The molecule has 0 spiro atoms. The summed E-state index contributed by atoms with van der Waals surface area (Å²) in [7, 11) is 0. The third kappa shape index (κ3) is 3.97. The minimum absolute atomic E-state index is 0.599. The van der Waals surface area contributed by atoms with E-state index >= 15 is 0 Å². The lowest BCUT2D eigenvalue weighted by molar-refractivity contribution is 0.360. The van der Waals surface area contributed by atoms with E-state index < -0.39 is 0 Å². The smallest absolute Gasteiger partial charge is 0.0371 e. The highest BCUT2D eigenvalue weighted by atomic mass is 15.2. The van der Waals surface area contributed by atoms with Crippen molar-refractivity contribution in [1.29, 1.82) is 0 Å². The first kappa shape index (κ1) is 14.4. The average Bonchev–Trinajstić information content (AvgIpc) is 2.41. The van der Waals surface area contributed by atoms with Crippen molar-refractivity contribution in [3.63, 3.8) is 0 Å². The first-order valence-corrected chi connectivity index (χ1v) is 7.77. The Morgan fingerprint density at radius 2 is 2.21 bits per heavy atom. The van der Waals surface area contributed by atoms with Crippen molar-refractivity contribution in [3.8, 4) is 0 Å². The van der Waals surface area contributed by atoms with E-state index in [1.165, 1.54) is 43.5 Å². The Morgan fingerprint density at radius 1 is 1.37 bits per heavy atom. The number of nitrogens with zero attached hydrogens (tertiary/aromatic N) is 1. The molecule has 2 heteroatoms. The van der Waals surface area contributed by atoms with E-state index in [1.807, 2.05) is 0 Å². The maximum absolute atomic E-state index is 3.67. The molecule has 2 nitrogen and oxygen atoms in total. The van der Waals surface area contributed by atoms with Crippen LogP contribution in [-0.2, 0) is 0 Å². The minimum atomic E-state index is 0.599. The first-order valence-electron chi connectivity index (χ1n) is 7.77. The summed E-state index contributed by atoms with van der Waals surface area (Å²) >= 11 is 0. The van der Waals surface area contributed by atoms with Gasteiger partial charge in [-0.25, -0.2) is 0 Å². The molecule has 1 N–H and O–H groups in total. The second-order valence-electron chi connectivity index (χ2n) is 5.86. The molecule has 0 amide bonds. The summed E-state index contributed by atoms with van der Waals surface area (Å²) < 4.78 is 0. The molecule has 1 aliphatic heterocycles. The van der Waals surface area contributed by atoms with E-state index in [0.717, 1.165) is 6.54 Å². The summed E-state index contributed by atoms with van der Waals surface area (Å²) in [4.78, 5) is 2.53. The van der Waals surface area contributed by atoms with Gasteiger partial charge in [-0.3, -0.25) is 0 Å². The van der Waals surface area contributed by atoms with Crippen LogP contribution in [0.3, 0.4) is 0 Å². The zero-order valence-corrected chi connectivity index (χ0v) is 12.7. The molecule has 0 radical (unpaired) electrons. The lowest BCUT2D eigenvalue weighted by Crippen LogP contribution is -2.42. The Hall–Kier alpha value is -1.02. The van der Waals surface area contributed by atoms with E-state index in [9.17, 15) is 0 Å². The second kappa shape index (κ2) is 6.95. The van der Waals surface area contributed by atoms with Crippen LogP contribution in [0.4, 0.5) is 5.69 Å². The Bertz CT molecular complexity index is 383. The van der Waals surface area contributed by atoms with Crippen molar-refractivity contribution in [3.05, 3.63) is 29.8 Å². The van der Waals surface area contributed by atoms with Gasteiger partial charge in [0.25, 0.3) is 0 Å². The van der Waals surface area contributed by atoms with Crippen molar-refractivity contribution in [2.75, 3.05) is 18.0 Å². The predicted molar refractivity (Wildman–Crippen MR) is 83.9 cm³/mol. The molecular weight excluding hydrogens is 232 g/mol. The lowest BCUT2D eigenvalue weighted by Gasteiger charge is -2.34. The SMILES string of the molecule is CCN(c1cccc(C)c1)C(C)CC1CCCCN1. The second-order valence-corrected chi connectivity index (χ2v) is 5.86. The normalized spacial score (nSPS) is 21.1. The Morgan fingerprint density at radius 3 is 2.84 bits per heavy atom. The predicted octanol–water partition coefficient (Wildman–Crippen LogP) is 3.74. The summed E-state index contributed by atoms with van der Waals surface area (Å²) in [6, 6.07) is 10.2. The molecule has 1 aromatic rings. The van der Waals surface area contributed by atoms with Gasteiger partial charge in [-0.15, -0.1) is 0 Å². The van der Waals surface area contributed by atoms with Gasteiger partial charge in [-0.2, -0.15) is 0 Å².